The smallest absolute Gasteiger partial charge is 0.315 e. The number of furan rings is 1. The van der Waals surface area contributed by atoms with Gasteiger partial charge in [0.15, 0.2) is 0 Å². The largest absolute Gasteiger partial charge is 0.469 e. The first-order valence-corrected chi connectivity index (χ1v) is 9.67. The van der Waals surface area contributed by atoms with Gasteiger partial charge in [0, 0.05) is 37.7 Å². The molecule has 26 heavy (non-hydrogen) atoms. The minimum Gasteiger partial charge on any atom is -0.469 e. The van der Waals surface area contributed by atoms with Crippen molar-refractivity contribution >= 4 is 6.03 Å². The summed E-state index contributed by atoms with van der Waals surface area (Å²) in [5, 5.41) is 6.30. The summed E-state index contributed by atoms with van der Waals surface area (Å²) in [6.07, 6.45) is 6.75. The summed E-state index contributed by atoms with van der Waals surface area (Å²) >= 11 is 0. The monoisotopic (exact) mass is 353 g/mol. The maximum Gasteiger partial charge on any atom is 0.315 e. The molecule has 1 atom stereocenters. The van der Waals surface area contributed by atoms with E-state index < -0.39 is 0 Å². The number of benzene rings is 1. The van der Waals surface area contributed by atoms with Crippen LogP contribution in [0.4, 0.5) is 4.79 Å². The summed E-state index contributed by atoms with van der Waals surface area (Å²) in [4.78, 5) is 14.9. The molecule has 4 rings (SSSR count). The van der Waals surface area contributed by atoms with Gasteiger partial charge in [-0.15, -0.1) is 0 Å². The number of carbonyl (C=O) groups is 1. The summed E-state index contributed by atoms with van der Waals surface area (Å²) in [5.74, 6) is 1.02. The molecule has 0 saturated carbocycles. The number of nitrogens with one attached hydrogen (secondary N) is 2. The lowest BCUT2D eigenvalue weighted by Crippen LogP contribution is -2.48. The van der Waals surface area contributed by atoms with E-state index in [4.69, 9.17) is 4.42 Å². The van der Waals surface area contributed by atoms with Crippen LogP contribution >= 0.6 is 0 Å². The number of amides is 2. The Kier molecular flexibility index (Phi) is 5.25. The van der Waals surface area contributed by atoms with Crippen LogP contribution in [0.2, 0.25) is 0 Å². The summed E-state index contributed by atoms with van der Waals surface area (Å²) < 4.78 is 5.50. The lowest BCUT2D eigenvalue weighted by atomic mass is 9.93. The molecule has 5 nitrogen and oxygen atoms in total. The predicted octanol–water partition coefficient (Wildman–Crippen LogP) is 3.62. The third-order valence-corrected chi connectivity index (χ3v) is 5.53. The van der Waals surface area contributed by atoms with Gasteiger partial charge < -0.3 is 15.1 Å². The van der Waals surface area contributed by atoms with E-state index in [-0.39, 0.29) is 18.1 Å². The second-order valence-corrected chi connectivity index (χ2v) is 7.40. The molecule has 0 radical (unpaired) electrons. The van der Waals surface area contributed by atoms with Crippen molar-refractivity contribution in [2.45, 2.75) is 50.7 Å². The minimum absolute atomic E-state index is 0.0504. The Morgan fingerprint density at radius 2 is 1.88 bits per heavy atom. The molecule has 0 bridgehead atoms. The molecule has 0 spiro atoms. The van der Waals surface area contributed by atoms with Gasteiger partial charge in [0.05, 0.1) is 12.3 Å². The minimum atomic E-state index is -0.0504. The lowest BCUT2D eigenvalue weighted by molar-refractivity contribution is 0.185. The molecule has 5 heteroatoms. The third-order valence-electron chi connectivity index (χ3n) is 5.53. The second kappa shape index (κ2) is 7.96. The molecule has 2 N–H and O–H groups in total. The van der Waals surface area contributed by atoms with Gasteiger partial charge in [-0.25, -0.2) is 4.79 Å². The number of nitrogens with zero attached hydrogens (tertiary/aromatic N) is 1. The lowest BCUT2D eigenvalue weighted by Gasteiger charge is -2.33. The fourth-order valence-corrected chi connectivity index (χ4v) is 4.10. The van der Waals surface area contributed by atoms with Crippen LogP contribution in [0.5, 0.6) is 0 Å². The number of aryl methyl sites for hydroxylation is 1. The number of carbonyl (C=O) groups excluding carboxylic acids is 1. The van der Waals surface area contributed by atoms with Crippen molar-refractivity contribution in [2.75, 3.05) is 13.1 Å². The maximum atomic E-state index is 12.4. The zero-order valence-corrected chi connectivity index (χ0v) is 15.1. The van der Waals surface area contributed by atoms with Gasteiger partial charge in [0.25, 0.3) is 0 Å². The highest BCUT2D eigenvalue weighted by Gasteiger charge is 2.26. The molecule has 2 amide bonds. The first kappa shape index (κ1) is 17.2. The quantitative estimate of drug-likeness (QED) is 0.883. The molecule has 2 aliphatic rings. The Bertz CT molecular complexity index is 720. The van der Waals surface area contributed by atoms with Crippen LogP contribution in [0.1, 0.15) is 48.6 Å². The number of urea groups is 1. The number of piperidine rings is 1. The van der Waals surface area contributed by atoms with E-state index in [0.29, 0.717) is 0 Å². The van der Waals surface area contributed by atoms with Crippen molar-refractivity contribution in [3.8, 4) is 0 Å². The van der Waals surface area contributed by atoms with Crippen LogP contribution < -0.4 is 10.6 Å². The highest BCUT2D eigenvalue weighted by molar-refractivity contribution is 5.74. The number of hydrogen-bond acceptors (Lipinski definition) is 3. The number of rotatable bonds is 4. The maximum absolute atomic E-state index is 12.4. The summed E-state index contributed by atoms with van der Waals surface area (Å²) in [5.41, 5.74) is 2.49. The molecule has 2 aromatic rings. The summed E-state index contributed by atoms with van der Waals surface area (Å²) in [6, 6.07) is 12.8. The van der Waals surface area contributed by atoms with Gasteiger partial charge in [-0.1, -0.05) is 30.3 Å². The van der Waals surface area contributed by atoms with Crippen molar-refractivity contribution in [3.63, 3.8) is 0 Å². The Morgan fingerprint density at radius 1 is 1.08 bits per heavy atom. The Labute approximate surface area is 154 Å². The SMILES string of the molecule is O=C(NC1CCN(Cc2ccccc2)CC1)NC1CCCc2occc21. The van der Waals surface area contributed by atoms with Crippen LogP contribution in [0.25, 0.3) is 0 Å². The van der Waals surface area contributed by atoms with Crippen molar-refractivity contribution in [1.82, 2.24) is 15.5 Å². The van der Waals surface area contributed by atoms with Crippen LogP contribution in [-0.4, -0.2) is 30.1 Å². The van der Waals surface area contributed by atoms with Crippen LogP contribution in [0.15, 0.2) is 47.1 Å². The molecule has 1 fully saturated rings. The van der Waals surface area contributed by atoms with E-state index in [1.165, 1.54) is 5.56 Å². The average molecular weight is 353 g/mol. The van der Waals surface area contributed by atoms with Crippen molar-refractivity contribution < 1.29 is 9.21 Å². The van der Waals surface area contributed by atoms with Crippen LogP contribution in [-0.2, 0) is 13.0 Å². The van der Waals surface area contributed by atoms with Gasteiger partial charge in [-0.2, -0.15) is 0 Å². The number of fused-ring (bicyclic) bond motifs is 1. The van der Waals surface area contributed by atoms with Gasteiger partial charge >= 0.3 is 6.03 Å². The standard InChI is InChI=1S/C21H27N3O2/c25-21(23-19-7-4-8-20-18(19)11-14-26-20)22-17-9-12-24(13-10-17)15-16-5-2-1-3-6-16/h1-3,5-6,11,14,17,19H,4,7-10,12-13,15H2,(H2,22,23,25). The Hall–Kier alpha value is -2.27. The van der Waals surface area contributed by atoms with Crippen molar-refractivity contribution in [1.29, 1.82) is 0 Å². The first-order valence-electron chi connectivity index (χ1n) is 9.67. The van der Waals surface area contributed by atoms with E-state index in [1.54, 1.807) is 6.26 Å². The highest BCUT2D eigenvalue weighted by atomic mass is 16.3. The van der Waals surface area contributed by atoms with Crippen molar-refractivity contribution in [3.05, 3.63) is 59.5 Å². The fourth-order valence-electron chi connectivity index (χ4n) is 4.10. The molecule has 2 heterocycles. The molecule has 1 aliphatic heterocycles. The highest BCUT2D eigenvalue weighted by Crippen LogP contribution is 2.30. The van der Waals surface area contributed by atoms with E-state index >= 15 is 0 Å². The first-order chi connectivity index (χ1) is 12.8. The topological polar surface area (TPSA) is 57.5 Å². The van der Waals surface area contributed by atoms with Gasteiger partial charge in [0.2, 0.25) is 0 Å². The fraction of sp³-hybridized carbons (Fsp3) is 0.476. The number of hydrogen-bond donors (Lipinski definition) is 2. The zero-order valence-electron chi connectivity index (χ0n) is 15.1. The van der Waals surface area contributed by atoms with Crippen LogP contribution in [0.3, 0.4) is 0 Å². The molecule has 1 aromatic carbocycles. The third kappa shape index (κ3) is 4.10. The normalized spacial score (nSPS) is 21.2. The van der Waals surface area contributed by atoms with E-state index in [2.05, 4.69) is 45.9 Å². The average Bonchev–Trinajstić information content (AvgIpc) is 3.14. The predicted molar refractivity (Wildman–Crippen MR) is 101 cm³/mol. The number of likely N-dealkylation sites (tertiary alicyclic amines) is 1. The summed E-state index contributed by atoms with van der Waals surface area (Å²) in [6.45, 7) is 3.04. The van der Waals surface area contributed by atoms with E-state index in [1.807, 2.05) is 6.07 Å². The molecule has 1 aromatic heterocycles. The molecular formula is C21H27N3O2. The molecule has 1 saturated heterocycles. The summed E-state index contributed by atoms with van der Waals surface area (Å²) in [7, 11) is 0. The zero-order chi connectivity index (χ0) is 17.8. The molecule has 138 valence electrons. The van der Waals surface area contributed by atoms with Gasteiger partial charge in [-0.05, 0) is 37.3 Å². The van der Waals surface area contributed by atoms with Crippen LogP contribution in [0, 0.1) is 0 Å². The van der Waals surface area contributed by atoms with Gasteiger partial charge in [-0.3, -0.25) is 4.90 Å². The Morgan fingerprint density at radius 3 is 2.69 bits per heavy atom. The van der Waals surface area contributed by atoms with E-state index in [0.717, 1.165) is 63.1 Å². The Balaban J connectivity index is 1.23. The van der Waals surface area contributed by atoms with E-state index in [9.17, 15) is 4.79 Å². The van der Waals surface area contributed by atoms with Crippen molar-refractivity contribution in [2.24, 2.45) is 0 Å². The molecular weight excluding hydrogens is 326 g/mol. The van der Waals surface area contributed by atoms with Gasteiger partial charge in [0.1, 0.15) is 5.76 Å². The second-order valence-electron chi connectivity index (χ2n) is 7.40. The molecule has 1 unspecified atom stereocenters. The molecule has 1 aliphatic carbocycles.